The predicted octanol–water partition coefficient (Wildman–Crippen LogP) is 5.23. The van der Waals surface area contributed by atoms with E-state index in [2.05, 4.69) is 27.4 Å². The summed E-state index contributed by atoms with van der Waals surface area (Å²) in [5, 5.41) is 10.3. The second-order valence-corrected chi connectivity index (χ2v) is 6.21. The van der Waals surface area contributed by atoms with Gasteiger partial charge >= 0.3 is 0 Å². The van der Waals surface area contributed by atoms with E-state index >= 15 is 0 Å². The van der Waals surface area contributed by atoms with Gasteiger partial charge in [-0.25, -0.2) is 4.98 Å². The number of phenolic OH excluding ortho intramolecular Hbond substituents is 1. The molecule has 2 aromatic carbocycles. The van der Waals surface area contributed by atoms with E-state index in [1.165, 1.54) is 0 Å². The molecule has 3 aromatic rings. The number of aromatic hydroxyl groups is 1. The largest absolute Gasteiger partial charge is 0.508 e. The fraction of sp³-hybridized carbons (Fsp3) is 0.188. The van der Waals surface area contributed by atoms with Crippen molar-refractivity contribution in [3.05, 3.63) is 45.9 Å². The van der Waals surface area contributed by atoms with E-state index in [1.807, 2.05) is 18.2 Å². The van der Waals surface area contributed by atoms with Crippen molar-refractivity contribution < 1.29 is 5.11 Å². The fourth-order valence-electron chi connectivity index (χ4n) is 2.44. The molecule has 0 atom stereocenters. The summed E-state index contributed by atoms with van der Waals surface area (Å²) in [5.41, 5.74) is 2.72. The summed E-state index contributed by atoms with van der Waals surface area (Å²) in [6.07, 6.45) is 0.991. The number of phenols is 1. The molecule has 1 aromatic heterocycles. The number of hydrogen-bond donors (Lipinski definition) is 1. The van der Waals surface area contributed by atoms with E-state index in [4.69, 9.17) is 16.6 Å². The quantitative estimate of drug-likeness (QED) is 0.689. The second-order valence-electron chi connectivity index (χ2n) is 4.88. The highest BCUT2D eigenvalue weighted by atomic mass is 79.9. The van der Waals surface area contributed by atoms with Crippen molar-refractivity contribution in [1.29, 1.82) is 0 Å². The van der Waals surface area contributed by atoms with E-state index in [0.29, 0.717) is 5.02 Å². The Hall–Kier alpha value is -1.52. The summed E-state index contributed by atoms with van der Waals surface area (Å²) in [6.45, 7) is 2.97. The van der Waals surface area contributed by atoms with Crippen LogP contribution >= 0.6 is 27.5 Å². The molecule has 0 radical (unpaired) electrons. The minimum absolute atomic E-state index is 0.186. The Morgan fingerprint density at radius 2 is 2.05 bits per heavy atom. The molecular formula is C16H14BrClN2O. The van der Waals surface area contributed by atoms with Gasteiger partial charge in [0.25, 0.3) is 0 Å². The van der Waals surface area contributed by atoms with E-state index in [-0.39, 0.29) is 5.75 Å². The average Bonchev–Trinajstić information content (AvgIpc) is 2.80. The Balaban J connectivity index is 2.30. The monoisotopic (exact) mass is 364 g/mol. The van der Waals surface area contributed by atoms with Gasteiger partial charge in [-0.3, -0.25) is 0 Å². The molecule has 0 unspecified atom stereocenters. The van der Waals surface area contributed by atoms with Gasteiger partial charge < -0.3 is 9.67 Å². The van der Waals surface area contributed by atoms with Gasteiger partial charge in [0.2, 0.25) is 0 Å². The molecule has 108 valence electrons. The van der Waals surface area contributed by atoms with Crippen molar-refractivity contribution in [2.75, 3.05) is 0 Å². The predicted molar refractivity (Wildman–Crippen MR) is 89.8 cm³/mol. The van der Waals surface area contributed by atoms with E-state index in [9.17, 15) is 5.11 Å². The van der Waals surface area contributed by atoms with Gasteiger partial charge in [0, 0.05) is 16.6 Å². The third kappa shape index (κ3) is 2.65. The van der Waals surface area contributed by atoms with Crippen LogP contribution in [0.5, 0.6) is 5.75 Å². The van der Waals surface area contributed by atoms with Gasteiger partial charge in [0.05, 0.1) is 16.1 Å². The van der Waals surface area contributed by atoms with Crippen LogP contribution in [0.25, 0.3) is 22.4 Å². The van der Waals surface area contributed by atoms with Crippen molar-refractivity contribution in [3.8, 4) is 17.1 Å². The highest BCUT2D eigenvalue weighted by Crippen LogP contribution is 2.33. The van der Waals surface area contributed by atoms with Crippen LogP contribution in [0, 0.1) is 0 Å². The molecule has 0 aliphatic rings. The second kappa shape index (κ2) is 5.70. The van der Waals surface area contributed by atoms with Gasteiger partial charge in [-0.15, -0.1) is 0 Å². The van der Waals surface area contributed by atoms with Crippen LogP contribution in [0.15, 0.2) is 40.9 Å². The SMILES string of the molecule is CCCn1c(-c2cc(O)ccc2Cl)nc2cc(Br)ccc21. The number of nitrogens with zero attached hydrogens (tertiary/aromatic N) is 2. The first-order chi connectivity index (χ1) is 10.1. The van der Waals surface area contributed by atoms with Crippen LogP contribution in [0.3, 0.4) is 0 Å². The number of rotatable bonds is 3. The molecule has 0 saturated carbocycles. The molecule has 21 heavy (non-hydrogen) atoms. The molecule has 0 aliphatic heterocycles. The first-order valence-electron chi connectivity index (χ1n) is 6.75. The van der Waals surface area contributed by atoms with E-state index < -0.39 is 0 Å². The summed E-state index contributed by atoms with van der Waals surface area (Å²) in [4.78, 5) is 4.70. The van der Waals surface area contributed by atoms with Crippen LogP contribution in [-0.4, -0.2) is 14.7 Å². The van der Waals surface area contributed by atoms with E-state index in [0.717, 1.165) is 39.9 Å². The van der Waals surface area contributed by atoms with E-state index in [1.54, 1.807) is 18.2 Å². The molecule has 1 heterocycles. The standard InChI is InChI=1S/C16H14BrClN2O/c1-2-7-20-15-6-3-10(17)8-14(15)19-16(20)12-9-11(21)4-5-13(12)18/h3-6,8-9,21H,2,7H2,1H3. The number of fused-ring (bicyclic) bond motifs is 1. The Morgan fingerprint density at radius 3 is 2.81 bits per heavy atom. The molecule has 3 rings (SSSR count). The van der Waals surface area contributed by atoms with Crippen LogP contribution in [0.1, 0.15) is 13.3 Å². The fourth-order valence-corrected chi connectivity index (χ4v) is 2.99. The molecule has 3 nitrogen and oxygen atoms in total. The average molecular weight is 366 g/mol. The van der Waals surface area contributed by atoms with Gasteiger partial charge in [-0.1, -0.05) is 34.5 Å². The van der Waals surface area contributed by atoms with Crippen LogP contribution in [0.2, 0.25) is 5.02 Å². The lowest BCUT2D eigenvalue weighted by Gasteiger charge is -2.09. The summed E-state index contributed by atoms with van der Waals surface area (Å²) in [6, 6.07) is 11.0. The van der Waals surface area contributed by atoms with Crippen molar-refractivity contribution in [3.63, 3.8) is 0 Å². The molecule has 0 aliphatic carbocycles. The lowest BCUT2D eigenvalue weighted by atomic mass is 10.2. The Morgan fingerprint density at radius 1 is 1.24 bits per heavy atom. The zero-order chi connectivity index (χ0) is 15.0. The lowest BCUT2D eigenvalue weighted by molar-refractivity contribution is 0.475. The molecular weight excluding hydrogens is 352 g/mol. The maximum Gasteiger partial charge on any atom is 0.142 e. The smallest absolute Gasteiger partial charge is 0.142 e. The third-order valence-electron chi connectivity index (χ3n) is 3.35. The topological polar surface area (TPSA) is 38.0 Å². The molecule has 0 spiro atoms. The Bertz CT molecular complexity index is 813. The Kier molecular flexibility index (Phi) is 3.91. The minimum Gasteiger partial charge on any atom is -0.508 e. The summed E-state index contributed by atoms with van der Waals surface area (Å²) in [7, 11) is 0. The van der Waals surface area contributed by atoms with Crippen LogP contribution in [-0.2, 0) is 6.54 Å². The lowest BCUT2D eigenvalue weighted by Crippen LogP contribution is -2.00. The number of aromatic nitrogens is 2. The van der Waals surface area contributed by atoms with Gasteiger partial charge in [-0.2, -0.15) is 0 Å². The first-order valence-corrected chi connectivity index (χ1v) is 7.92. The molecule has 0 fully saturated rings. The zero-order valence-electron chi connectivity index (χ0n) is 11.5. The molecule has 5 heteroatoms. The maximum absolute atomic E-state index is 9.74. The number of imidazole rings is 1. The highest BCUT2D eigenvalue weighted by molar-refractivity contribution is 9.10. The number of halogens is 2. The number of aryl methyl sites for hydroxylation is 1. The summed E-state index contributed by atoms with van der Waals surface area (Å²) in [5.74, 6) is 0.969. The third-order valence-corrected chi connectivity index (χ3v) is 4.17. The van der Waals surface area contributed by atoms with Gasteiger partial charge in [-0.05, 0) is 42.8 Å². The normalized spacial score (nSPS) is 11.2. The maximum atomic E-state index is 9.74. The summed E-state index contributed by atoms with van der Waals surface area (Å²) >= 11 is 9.76. The zero-order valence-corrected chi connectivity index (χ0v) is 13.8. The number of hydrogen-bond acceptors (Lipinski definition) is 2. The highest BCUT2D eigenvalue weighted by Gasteiger charge is 2.15. The van der Waals surface area contributed by atoms with Gasteiger partial charge in [0.15, 0.2) is 0 Å². The first kappa shape index (κ1) is 14.4. The minimum atomic E-state index is 0.186. The van der Waals surface area contributed by atoms with Crippen LogP contribution < -0.4 is 0 Å². The van der Waals surface area contributed by atoms with Crippen molar-refractivity contribution >= 4 is 38.6 Å². The van der Waals surface area contributed by atoms with Crippen molar-refractivity contribution in [2.24, 2.45) is 0 Å². The molecule has 0 amide bonds. The Labute approximate surface area is 136 Å². The summed E-state index contributed by atoms with van der Waals surface area (Å²) < 4.78 is 3.13. The van der Waals surface area contributed by atoms with Crippen LogP contribution in [0.4, 0.5) is 0 Å². The van der Waals surface area contributed by atoms with Crippen molar-refractivity contribution in [1.82, 2.24) is 9.55 Å². The molecule has 1 N–H and O–H groups in total. The molecule has 0 saturated heterocycles. The van der Waals surface area contributed by atoms with Crippen molar-refractivity contribution in [2.45, 2.75) is 19.9 Å². The molecule has 0 bridgehead atoms. The number of benzene rings is 2. The van der Waals surface area contributed by atoms with Gasteiger partial charge in [0.1, 0.15) is 11.6 Å².